The Hall–Kier alpha value is -3.27. The zero-order valence-corrected chi connectivity index (χ0v) is 22.1. The van der Waals surface area contributed by atoms with Gasteiger partial charge < -0.3 is 19.7 Å². The number of hydrogen-bond donors (Lipinski definition) is 1. The van der Waals surface area contributed by atoms with Crippen LogP contribution in [0.15, 0.2) is 42.5 Å². The molecule has 10 heteroatoms. The number of hydrogen-bond acceptors (Lipinski definition) is 6. The summed E-state index contributed by atoms with van der Waals surface area (Å²) in [5, 5.41) is 2.87. The topological polar surface area (TPSA) is 105 Å². The smallest absolute Gasteiger partial charge is 0.244 e. The SMILES string of the molecule is CCCCNC(=O)C(C)N(Cc1ccc(C)cc1)C(=O)CN(c1ccc2c(c1)OCCO2)S(C)(=O)=O. The van der Waals surface area contributed by atoms with Gasteiger partial charge in [0.1, 0.15) is 25.8 Å². The molecule has 3 rings (SSSR count). The van der Waals surface area contributed by atoms with Crippen molar-refractivity contribution in [2.24, 2.45) is 0 Å². The van der Waals surface area contributed by atoms with Crippen molar-refractivity contribution >= 4 is 27.5 Å². The predicted molar refractivity (Wildman–Crippen MR) is 139 cm³/mol. The Morgan fingerprint density at radius 3 is 2.36 bits per heavy atom. The Kier molecular flexibility index (Phi) is 9.19. The van der Waals surface area contributed by atoms with E-state index in [1.54, 1.807) is 25.1 Å². The van der Waals surface area contributed by atoms with Crippen LogP contribution < -0.4 is 19.1 Å². The first kappa shape index (κ1) is 27.3. The quantitative estimate of drug-likeness (QED) is 0.460. The number of carbonyl (C=O) groups excluding carboxylic acids is 2. The lowest BCUT2D eigenvalue weighted by Gasteiger charge is -2.31. The minimum atomic E-state index is -3.83. The second-order valence-corrected chi connectivity index (χ2v) is 10.8. The number of nitrogens with zero attached hydrogens (tertiary/aromatic N) is 2. The standard InChI is InChI=1S/C26H35N3O6S/c1-5-6-13-27-26(31)20(3)28(17-21-9-7-19(2)8-10-21)25(30)18-29(36(4,32)33)22-11-12-23-24(16-22)35-15-14-34-23/h7-12,16,20H,5-6,13-15,17-18H2,1-4H3,(H,27,31). The fourth-order valence-corrected chi connectivity index (χ4v) is 4.65. The van der Waals surface area contributed by atoms with E-state index in [1.165, 1.54) is 4.90 Å². The molecule has 1 aliphatic rings. The maximum Gasteiger partial charge on any atom is 0.244 e. The summed E-state index contributed by atoms with van der Waals surface area (Å²) in [7, 11) is -3.83. The van der Waals surface area contributed by atoms with Gasteiger partial charge in [0, 0.05) is 19.2 Å². The molecule has 0 aliphatic carbocycles. The van der Waals surface area contributed by atoms with E-state index in [-0.39, 0.29) is 18.1 Å². The fraction of sp³-hybridized carbons (Fsp3) is 0.462. The van der Waals surface area contributed by atoms with Crippen LogP contribution in [-0.2, 0) is 26.2 Å². The van der Waals surface area contributed by atoms with Gasteiger partial charge in [-0.15, -0.1) is 0 Å². The number of ether oxygens (including phenoxy) is 2. The van der Waals surface area contributed by atoms with Crippen molar-refractivity contribution in [2.75, 3.05) is 36.9 Å². The zero-order chi connectivity index (χ0) is 26.3. The molecule has 1 unspecified atom stereocenters. The molecule has 2 aromatic carbocycles. The molecule has 1 heterocycles. The van der Waals surface area contributed by atoms with E-state index in [1.807, 2.05) is 38.1 Å². The molecule has 2 aromatic rings. The molecule has 0 saturated heterocycles. The summed E-state index contributed by atoms with van der Waals surface area (Å²) in [6.07, 6.45) is 2.80. The summed E-state index contributed by atoms with van der Waals surface area (Å²) in [5.74, 6) is 0.159. The van der Waals surface area contributed by atoms with E-state index >= 15 is 0 Å². The summed E-state index contributed by atoms with van der Waals surface area (Å²) in [6.45, 7) is 6.63. The lowest BCUT2D eigenvalue weighted by molar-refractivity contribution is -0.139. The number of fused-ring (bicyclic) bond motifs is 1. The molecule has 0 bridgehead atoms. The highest BCUT2D eigenvalue weighted by Crippen LogP contribution is 2.34. The van der Waals surface area contributed by atoms with Crippen molar-refractivity contribution in [1.82, 2.24) is 10.2 Å². The van der Waals surface area contributed by atoms with Crippen LogP contribution >= 0.6 is 0 Å². The van der Waals surface area contributed by atoms with Gasteiger partial charge in [-0.05, 0) is 38.0 Å². The zero-order valence-electron chi connectivity index (χ0n) is 21.3. The summed E-state index contributed by atoms with van der Waals surface area (Å²) < 4.78 is 37.6. The fourth-order valence-electron chi connectivity index (χ4n) is 3.81. The van der Waals surface area contributed by atoms with Gasteiger partial charge in [0.15, 0.2) is 11.5 Å². The van der Waals surface area contributed by atoms with Crippen LogP contribution in [0.25, 0.3) is 0 Å². The van der Waals surface area contributed by atoms with Gasteiger partial charge in [0.05, 0.1) is 11.9 Å². The molecular formula is C26H35N3O6S. The number of rotatable bonds is 11. The number of sulfonamides is 1. The summed E-state index contributed by atoms with van der Waals surface area (Å²) in [5.41, 5.74) is 2.20. The van der Waals surface area contributed by atoms with Gasteiger partial charge in [0.25, 0.3) is 0 Å². The number of amides is 2. The second kappa shape index (κ2) is 12.1. The summed E-state index contributed by atoms with van der Waals surface area (Å²) >= 11 is 0. The Morgan fingerprint density at radius 2 is 1.72 bits per heavy atom. The van der Waals surface area contributed by atoms with Gasteiger partial charge in [-0.1, -0.05) is 43.2 Å². The van der Waals surface area contributed by atoms with Crippen molar-refractivity contribution in [3.8, 4) is 11.5 Å². The molecule has 0 saturated carbocycles. The third kappa shape index (κ3) is 7.13. The number of aryl methyl sites for hydroxylation is 1. The number of anilines is 1. The molecular weight excluding hydrogens is 482 g/mol. The monoisotopic (exact) mass is 517 g/mol. The first-order valence-electron chi connectivity index (χ1n) is 12.1. The Morgan fingerprint density at radius 1 is 1.06 bits per heavy atom. The van der Waals surface area contributed by atoms with Crippen LogP contribution in [0, 0.1) is 6.92 Å². The molecule has 1 atom stereocenters. The van der Waals surface area contributed by atoms with Crippen LogP contribution in [-0.4, -0.2) is 63.7 Å². The first-order valence-corrected chi connectivity index (χ1v) is 13.9. The lowest BCUT2D eigenvalue weighted by atomic mass is 10.1. The molecule has 2 amide bonds. The molecule has 196 valence electrons. The van der Waals surface area contributed by atoms with Crippen LogP contribution in [0.2, 0.25) is 0 Å². The Labute approximate surface area is 213 Å². The maximum atomic E-state index is 13.6. The van der Waals surface area contributed by atoms with E-state index in [2.05, 4.69) is 5.32 Å². The minimum Gasteiger partial charge on any atom is -0.486 e. The van der Waals surface area contributed by atoms with E-state index in [9.17, 15) is 18.0 Å². The first-order chi connectivity index (χ1) is 17.1. The van der Waals surface area contributed by atoms with Crippen LogP contribution in [0.4, 0.5) is 5.69 Å². The van der Waals surface area contributed by atoms with Crippen LogP contribution in [0.1, 0.15) is 37.8 Å². The highest BCUT2D eigenvalue weighted by molar-refractivity contribution is 7.92. The highest BCUT2D eigenvalue weighted by atomic mass is 32.2. The summed E-state index contributed by atoms with van der Waals surface area (Å²) in [4.78, 5) is 27.9. The number of unbranched alkanes of at least 4 members (excludes halogenated alkanes) is 1. The predicted octanol–water partition coefficient (Wildman–Crippen LogP) is 2.87. The van der Waals surface area contributed by atoms with Crippen molar-refractivity contribution in [3.63, 3.8) is 0 Å². The minimum absolute atomic E-state index is 0.167. The molecule has 36 heavy (non-hydrogen) atoms. The van der Waals surface area contributed by atoms with Crippen molar-refractivity contribution in [1.29, 1.82) is 0 Å². The number of benzene rings is 2. The van der Waals surface area contributed by atoms with Gasteiger partial charge in [-0.2, -0.15) is 0 Å². The Balaban J connectivity index is 1.88. The normalized spacial score (nSPS) is 13.6. The molecule has 0 radical (unpaired) electrons. The third-order valence-electron chi connectivity index (χ3n) is 5.96. The second-order valence-electron chi connectivity index (χ2n) is 8.93. The highest BCUT2D eigenvalue weighted by Gasteiger charge is 2.30. The van der Waals surface area contributed by atoms with E-state index < -0.39 is 28.5 Å². The molecule has 1 aliphatic heterocycles. The van der Waals surface area contributed by atoms with Gasteiger partial charge in [0.2, 0.25) is 21.8 Å². The lowest BCUT2D eigenvalue weighted by Crippen LogP contribution is -2.51. The third-order valence-corrected chi connectivity index (χ3v) is 7.10. The van der Waals surface area contributed by atoms with Crippen molar-refractivity contribution in [3.05, 3.63) is 53.6 Å². The molecule has 9 nitrogen and oxygen atoms in total. The molecule has 1 N–H and O–H groups in total. The van der Waals surface area contributed by atoms with Gasteiger partial charge >= 0.3 is 0 Å². The number of nitrogens with one attached hydrogen (secondary N) is 1. The molecule has 0 fully saturated rings. The Bertz CT molecular complexity index is 1170. The largest absolute Gasteiger partial charge is 0.486 e. The van der Waals surface area contributed by atoms with Crippen LogP contribution in [0.5, 0.6) is 11.5 Å². The summed E-state index contributed by atoms with van der Waals surface area (Å²) in [6, 6.07) is 11.6. The van der Waals surface area contributed by atoms with Crippen molar-refractivity contribution in [2.45, 2.75) is 46.2 Å². The van der Waals surface area contributed by atoms with Crippen molar-refractivity contribution < 1.29 is 27.5 Å². The van der Waals surface area contributed by atoms with E-state index in [0.717, 1.165) is 34.5 Å². The van der Waals surface area contributed by atoms with Gasteiger partial charge in [-0.25, -0.2) is 8.42 Å². The van der Waals surface area contributed by atoms with E-state index in [4.69, 9.17) is 9.47 Å². The van der Waals surface area contributed by atoms with Crippen LogP contribution in [0.3, 0.4) is 0 Å². The molecule has 0 spiro atoms. The molecule has 0 aromatic heterocycles. The van der Waals surface area contributed by atoms with Gasteiger partial charge in [-0.3, -0.25) is 13.9 Å². The van der Waals surface area contributed by atoms with E-state index in [0.29, 0.717) is 31.3 Å². The number of carbonyl (C=O) groups is 2. The average Bonchev–Trinajstić information content (AvgIpc) is 2.85. The maximum absolute atomic E-state index is 13.6. The average molecular weight is 518 g/mol.